The van der Waals surface area contributed by atoms with Gasteiger partial charge in [0.25, 0.3) is 5.56 Å². The summed E-state index contributed by atoms with van der Waals surface area (Å²) in [6.45, 7) is 2.24. The maximum absolute atomic E-state index is 12.4. The molecule has 1 heterocycles. The molecule has 3 rings (SSSR count). The Morgan fingerprint density at radius 3 is 2.70 bits per heavy atom. The molecule has 20 heavy (non-hydrogen) atoms. The normalized spacial score (nSPS) is 13.4. The molecule has 5 nitrogen and oxygen atoms in total. The van der Waals surface area contributed by atoms with E-state index in [9.17, 15) is 9.59 Å². The molecule has 0 radical (unpaired) electrons. The highest BCUT2D eigenvalue weighted by atomic mass is 16.2. The molecule has 1 aromatic carbocycles. The molecule has 104 valence electrons. The average molecular weight is 271 g/mol. The Kier molecular flexibility index (Phi) is 2.97. The van der Waals surface area contributed by atoms with E-state index in [1.807, 2.05) is 31.2 Å². The van der Waals surface area contributed by atoms with Gasteiger partial charge in [0.15, 0.2) is 0 Å². The number of hydrogen-bond donors (Lipinski definition) is 1. The third-order valence-corrected chi connectivity index (χ3v) is 4.01. The van der Waals surface area contributed by atoms with Crippen LogP contribution in [-0.4, -0.2) is 9.24 Å². The van der Waals surface area contributed by atoms with Crippen molar-refractivity contribution in [2.75, 3.05) is 5.84 Å². The predicted molar refractivity (Wildman–Crippen MR) is 77.4 cm³/mol. The van der Waals surface area contributed by atoms with E-state index in [4.69, 9.17) is 5.84 Å². The van der Waals surface area contributed by atoms with E-state index in [0.29, 0.717) is 24.1 Å². The number of nitrogens with zero attached hydrogens (tertiary/aromatic N) is 2. The quantitative estimate of drug-likeness (QED) is 0.812. The summed E-state index contributed by atoms with van der Waals surface area (Å²) in [7, 11) is 0. The molecule has 0 amide bonds. The van der Waals surface area contributed by atoms with Gasteiger partial charge in [-0.1, -0.05) is 24.3 Å². The number of nitrogen functional groups attached to an aromatic ring is 1. The molecule has 2 aromatic rings. The molecular formula is C15H17N3O2. The Balaban J connectivity index is 2.16. The molecule has 0 fully saturated rings. The number of rotatable bonds is 2. The number of hydrogen-bond acceptors (Lipinski definition) is 3. The van der Waals surface area contributed by atoms with Crippen molar-refractivity contribution in [3.63, 3.8) is 0 Å². The minimum absolute atomic E-state index is 0.188. The molecule has 0 atom stereocenters. The van der Waals surface area contributed by atoms with E-state index < -0.39 is 5.69 Å². The van der Waals surface area contributed by atoms with Gasteiger partial charge in [-0.15, -0.1) is 0 Å². The fourth-order valence-corrected chi connectivity index (χ4v) is 2.82. The molecule has 0 saturated carbocycles. The van der Waals surface area contributed by atoms with E-state index in [2.05, 4.69) is 0 Å². The smallest absolute Gasteiger partial charge is 0.335 e. The Morgan fingerprint density at radius 1 is 1.20 bits per heavy atom. The zero-order valence-corrected chi connectivity index (χ0v) is 11.4. The van der Waals surface area contributed by atoms with Crippen LogP contribution in [0, 0.1) is 6.92 Å². The lowest BCUT2D eigenvalue weighted by atomic mass is 10.1. The lowest BCUT2D eigenvalue weighted by molar-refractivity contribution is 0.635. The van der Waals surface area contributed by atoms with Crippen LogP contribution in [0.4, 0.5) is 0 Å². The van der Waals surface area contributed by atoms with Gasteiger partial charge in [0.05, 0.1) is 12.2 Å². The van der Waals surface area contributed by atoms with Crippen molar-refractivity contribution in [2.24, 2.45) is 0 Å². The SMILES string of the molecule is Cc1ccccc1Cn1c(=O)c2c(n(N)c1=O)CCC2. The maximum Gasteiger partial charge on any atom is 0.349 e. The molecule has 0 spiro atoms. The first-order valence-electron chi connectivity index (χ1n) is 6.77. The lowest BCUT2D eigenvalue weighted by Crippen LogP contribution is -2.45. The monoisotopic (exact) mass is 271 g/mol. The van der Waals surface area contributed by atoms with Crippen molar-refractivity contribution in [3.05, 3.63) is 67.5 Å². The highest BCUT2D eigenvalue weighted by molar-refractivity contribution is 5.27. The van der Waals surface area contributed by atoms with Gasteiger partial charge in [0.1, 0.15) is 0 Å². The maximum atomic E-state index is 12.4. The van der Waals surface area contributed by atoms with Crippen LogP contribution in [0.25, 0.3) is 0 Å². The first kappa shape index (κ1) is 12.7. The molecule has 0 unspecified atom stereocenters. The zero-order chi connectivity index (χ0) is 14.3. The van der Waals surface area contributed by atoms with E-state index in [-0.39, 0.29) is 12.1 Å². The van der Waals surface area contributed by atoms with Gasteiger partial charge >= 0.3 is 5.69 Å². The Hall–Kier alpha value is -2.30. The number of fused-ring (bicyclic) bond motifs is 1. The van der Waals surface area contributed by atoms with Crippen LogP contribution in [0.3, 0.4) is 0 Å². The zero-order valence-electron chi connectivity index (χ0n) is 11.4. The van der Waals surface area contributed by atoms with Crippen molar-refractivity contribution < 1.29 is 0 Å². The highest BCUT2D eigenvalue weighted by Gasteiger charge is 2.22. The van der Waals surface area contributed by atoms with Gasteiger partial charge in [-0.05, 0) is 37.3 Å². The minimum atomic E-state index is -0.432. The van der Waals surface area contributed by atoms with E-state index in [1.54, 1.807) is 0 Å². The summed E-state index contributed by atoms with van der Waals surface area (Å²) in [6, 6.07) is 7.73. The molecule has 0 aliphatic heterocycles. The summed E-state index contributed by atoms with van der Waals surface area (Å²) in [4.78, 5) is 24.7. The van der Waals surface area contributed by atoms with Crippen LogP contribution < -0.4 is 17.1 Å². The third kappa shape index (κ3) is 1.86. The lowest BCUT2D eigenvalue weighted by Gasteiger charge is -2.12. The van der Waals surface area contributed by atoms with Gasteiger partial charge in [-0.2, -0.15) is 0 Å². The number of benzene rings is 1. The second kappa shape index (κ2) is 4.67. The van der Waals surface area contributed by atoms with Crippen LogP contribution in [0.2, 0.25) is 0 Å². The molecule has 1 aliphatic rings. The van der Waals surface area contributed by atoms with Crippen molar-refractivity contribution >= 4 is 0 Å². The van der Waals surface area contributed by atoms with Crippen molar-refractivity contribution in [1.82, 2.24) is 9.24 Å². The average Bonchev–Trinajstić information content (AvgIpc) is 2.93. The molecule has 0 bridgehead atoms. The van der Waals surface area contributed by atoms with E-state index in [1.165, 1.54) is 4.57 Å². The highest BCUT2D eigenvalue weighted by Crippen LogP contribution is 2.16. The molecule has 5 heteroatoms. The summed E-state index contributed by atoms with van der Waals surface area (Å²) in [5, 5.41) is 0. The number of aryl methyl sites for hydroxylation is 1. The first-order chi connectivity index (χ1) is 9.59. The third-order valence-electron chi connectivity index (χ3n) is 4.01. The molecule has 2 N–H and O–H groups in total. The number of aromatic nitrogens is 2. The van der Waals surface area contributed by atoms with E-state index >= 15 is 0 Å². The number of nitrogens with two attached hydrogens (primary N) is 1. The predicted octanol–water partition coefficient (Wildman–Crippen LogP) is 0.569. The molecular weight excluding hydrogens is 254 g/mol. The second-order valence-electron chi connectivity index (χ2n) is 5.25. The molecule has 0 saturated heterocycles. The van der Waals surface area contributed by atoms with Crippen LogP contribution >= 0.6 is 0 Å². The van der Waals surface area contributed by atoms with Crippen LogP contribution in [0.15, 0.2) is 33.9 Å². The van der Waals surface area contributed by atoms with Crippen LogP contribution in [-0.2, 0) is 19.4 Å². The van der Waals surface area contributed by atoms with Gasteiger partial charge in [-0.3, -0.25) is 9.36 Å². The fraction of sp³-hybridized carbons (Fsp3) is 0.333. The Labute approximate surface area is 116 Å². The first-order valence-corrected chi connectivity index (χ1v) is 6.77. The molecule has 1 aliphatic carbocycles. The summed E-state index contributed by atoms with van der Waals surface area (Å²) in [6.07, 6.45) is 2.30. The summed E-state index contributed by atoms with van der Waals surface area (Å²) in [5.74, 6) is 5.84. The summed E-state index contributed by atoms with van der Waals surface area (Å²) in [5.41, 5.74) is 2.79. The van der Waals surface area contributed by atoms with Gasteiger partial charge in [-0.25, -0.2) is 9.47 Å². The van der Waals surface area contributed by atoms with Gasteiger partial charge < -0.3 is 5.84 Å². The fourth-order valence-electron chi connectivity index (χ4n) is 2.82. The minimum Gasteiger partial charge on any atom is -0.335 e. The topological polar surface area (TPSA) is 70.0 Å². The van der Waals surface area contributed by atoms with Crippen molar-refractivity contribution in [3.8, 4) is 0 Å². The van der Waals surface area contributed by atoms with Crippen molar-refractivity contribution in [2.45, 2.75) is 32.7 Å². The van der Waals surface area contributed by atoms with Gasteiger partial charge in [0, 0.05) is 5.56 Å². The largest absolute Gasteiger partial charge is 0.349 e. The van der Waals surface area contributed by atoms with Crippen molar-refractivity contribution in [1.29, 1.82) is 0 Å². The summed E-state index contributed by atoms with van der Waals surface area (Å²) >= 11 is 0. The summed E-state index contributed by atoms with van der Waals surface area (Å²) < 4.78 is 2.38. The van der Waals surface area contributed by atoms with Crippen LogP contribution in [0.1, 0.15) is 28.8 Å². The second-order valence-corrected chi connectivity index (χ2v) is 5.25. The van der Waals surface area contributed by atoms with Crippen LogP contribution in [0.5, 0.6) is 0 Å². The standard InChI is InChI=1S/C15H17N3O2/c1-10-5-2-3-6-11(10)9-17-14(19)12-7-4-8-13(12)18(16)15(17)20/h2-3,5-6H,4,7-9,16H2,1H3. The molecule has 1 aromatic heterocycles. The Bertz CT molecular complexity index is 787. The van der Waals surface area contributed by atoms with Gasteiger partial charge in [0.2, 0.25) is 0 Å². The van der Waals surface area contributed by atoms with E-state index in [0.717, 1.165) is 22.2 Å². The Morgan fingerprint density at radius 2 is 1.95 bits per heavy atom.